The highest BCUT2D eigenvalue weighted by Crippen LogP contribution is 2.55. The van der Waals surface area contributed by atoms with Crippen LogP contribution in [0.1, 0.15) is 128 Å². The monoisotopic (exact) mass is 1160 g/mol. The van der Waals surface area contributed by atoms with Crippen LogP contribution in [-0.2, 0) is 0 Å². The number of rotatable bonds is 18. The number of aryl methyl sites for hydroxylation is 3. The molecule has 3 saturated carbocycles. The molecule has 18 nitrogen and oxygen atoms in total. The third kappa shape index (κ3) is 12.0. The van der Waals surface area contributed by atoms with Gasteiger partial charge >= 0.3 is 0 Å². The van der Waals surface area contributed by atoms with E-state index in [1.54, 1.807) is 0 Å². The van der Waals surface area contributed by atoms with Gasteiger partial charge in [0, 0.05) is 128 Å². The van der Waals surface area contributed by atoms with Crippen LogP contribution in [0, 0.1) is 20.8 Å². The van der Waals surface area contributed by atoms with Crippen molar-refractivity contribution in [1.29, 1.82) is 0 Å². The zero-order valence-corrected chi connectivity index (χ0v) is 52.2. The summed E-state index contributed by atoms with van der Waals surface area (Å²) in [6.07, 6.45) is 16.9. The van der Waals surface area contributed by atoms with Crippen LogP contribution in [0.5, 0.6) is 0 Å². The normalized spacial score (nSPS) is 19.7. The van der Waals surface area contributed by atoms with Crippen molar-refractivity contribution in [3.8, 4) is 67.9 Å². The van der Waals surface area contributed by atoms with E-state index in [0.29, 0.717) is 35.9 Å². The summed E-state index contributed by atoms with van der Waals surface area (Å²) in [5.41, 5.74) is 16.0. The van der Waals surface area contributed by atoms with E-state index in [0.717, 1.165) is 125 Å². The Morgan fingerprint density at radius 1 is 0.391 bits per heavy atom. The number of likely N-dealkylation sites (N-methyl/N-ethyl adjacent to an activating group) is 3. The van der Waals surface area contributed by atoms with Crippen LogP contribution in [-0.4, -0.2) is 155 Å². The first-order valence-electron chi connectivity index (χ1n) is 31.5. The van der Waals surface area contributed by atoms with Gasteiger partial charge in [0.25, 0.3) is 0 Å². The molecule has 9 aromatic rings. The molecule has 6 atom stereocenters. The van der Waals surface area contributed by atoms with Crippen LogP contribution in [0.3, 0.4) is 0 Å². The van der Waals surface area contributed by atoms with Gasteiger partial charge in [-0.1, -0.05) is 18.2 Å². The van der Waals surface area contributed by atoms with Gasteiger partial charge in [0.05, 0.1) is 34.2 Å². The van der Waals surface area contributed by atoms with Gasteiger partial charge in [0.1, 0.15) is 52.0 Å². The minimum Gasteiger partial charge on any atom is -0.369 e. The van der Waals surface area contributed by atoms with E-state index < -0.39 is 0 Å². The molecule has 6 bridgehead atoms. The van der Waals surface area contributed by atoms with Crippen molar-refractivity contribution in [1.82, 2.24) is 73.3 Å². The van der Waals surface area contributed by atoms with Gasteiger partial charge in [0.15, 0.2) is 0 Å². The van der Waals surface area contributed by atoms with Crippen molar-refractivity contribution in [2.45, 2.75) is 114 Å². The lowest BCUT2D eigenvalue weighted by Crippen LogP contribution is -2.21. The molecule has 3 aliphatic heterocycles. The van der Waals surface area contributed by atoms with Gasteiger partial charge in [-0.15, -0.1) is 0 Å². The summed E-state index contributed by atoms with van der Waals surface area (Å²) in [7, 11) is 12.5. The van der Waals surface area contributed by atoms with Gasteiger partial charge in [-0.25, -0.2) is 29.9 Å². The van der Waals surface area contributed by atoms with E-state index in [1.165, 1.54) is 92.3 Å². The fourth-order valence-electron chi connectivity index (χ4n) is 14.2. The zero-order chi connectivity index (χ0) is 59.9. The third-order valence-electron chi connectivity index (χ3n) is 18.3. The lowest BCUT2D eigenvalue weighted by Gasteiger charge is -2.18. The predicted octanol–water partition coefficient (Wildman–Crippen LogP) is 12.3. The average Bonchev–Trinajstić information content (AvgIpc) is 1.74. The number of hydrogen-bond donors (Lipinski definition) is 3. The summed E-state index contributed by atoms with van der Waals surface area (Å²) in [5, 5.41) is 10.4. The largest absolute Gasteiger partial charge is 0.369 e. The molecule has 0 aromatic carbocycles. The van der Waals surface area contributed by atoms with Gasteiger partial charge in [-0.3, -0.25) is 15.0 Å². The molecule has 3 aliphatic carbocycles. The predicted molar refractivity (Wildman–Crippen MR) is 348 cm³/mol. The van der Waals surface area contributed by atoms with Gasteiger partial charge in [0.2, 0.25) is 0 Å². The van der Waals surface area contributed by atoms with Gasteiger partial charge in [-0.2, -0.15) is 0 Å². The summed E-state index contributed by atoms with van der Waals surface area (Å²) in [6.45, 7) is 11.6. The minimum absolute atomic E-state index is 0.564. The Morgan fingerprint density at radius 2 is 0.690 bits per heavy atom. The molecular formula is C69H84N18. The van der Waals surface area contributed by atoms with E-state index in [2.05, 4.69) is 174 Å². The number of imidazole rings is 3. The Morgan fingerprint density at radius 3 is 0.966 bits per heavy atom. The van der Waals surface area contributed by atoms with Crippen molar-refractivity contribution in [2.24, 2.45) is 0 Å². The molecule has 6 aliphatic rings. The quantitative estimate of drug-likeness (QED) is 0.0739. The summed E-state index contributed by atoms with van der Waals surface area (Å²) < 4.78 is 7.48. The fraction of sp³-hybridized carbons (Fsp3) is 0.435. The second-order valence-electron chi connectivity index (χ2n) is 25.6. The lowest BCUT2D eigenvalue weighted by molar-refractivity contribution is 0.425. The first-order valence-corrected chi connectivity index (χ1v) is 31.5. The van der Waals surface area contributed by atoms with Crippen LogP contribution < -0.4 is 16.0 Å². The highest BCUT2D eigenvalue weighted by atomic mass is 15.2. The van der Waals surface area contributed by atoms with Crippen LogP contribution >= 0.6 is 0 Å². The third-order valence-corrected chi connectivity index (χ3v) is 18.3. The van der Waals surface area contributed by atoms with Crippen molar-refractivity contribution in [3.05, 3.63) is 144 Å². The summed E-state index contributed by atoms with van der Waals surface area (Å²) in [6, 6.07) is 33.0. The van der Waals surface area contributed by atoms with E-state index >= 15 is 0 Å². The summed E-state index contributed by atoms with van der Waals surface area (Å²) in [5.74, 6) is 8.24. The maximum Gasteiger partial charge on any atom is 0.126 e. The topological polar surface area (TPSA) is 177 Å². The standard InChI is InChI=1S/3C23H28N6/c3*1-15-5-4-6-19(26-15)21-22(29-18-8-7-17(13-18)23(29)27-21)16-9-10-24-20(14-16)25-11-12-28(2)3/h3*4-6,9-10,14,17-18H,7-8,11-13H2,1-3H3,(H,24,25)/t2*17-,18+;/m10./s1. The molecular weight excluding hydrogens is 1080 g/mol. The van der Waals surface area contributed by atoms with Crippen LogP contribution in [0.4, 0.5) is 17.5 Å². The van der Waals surface area contributed by atoms with E-state index in [9.17, 15) is 0 Å². The number of pyridine rings is 6. The Balaban J connectivity index is 0.000000121. The first-order chi connectivity index (χ1) is 42.3. The van der Waals surface area contributed by atoms with E-state index in [1.807, 2.05) is 57.6 Å². The van der Waals surface area contributed by atoms with Crippen LogP contribution in [0.15, 0.2) is 110 Å². The Kier molecular flexibility index (Phi) is 16.6. The maximum absolute atomic E-state index is 5.13. The first kappa shape index (κ1) is 57.9. The average molecular weight is 1170 g/mol. The highest BCUT2D eigenvalue weighted by Gasteiger charge is 2.44. The smallest absolute Gasteiger partial charge is 0.126 e. The molecule has 0 radical (unpaired) electrons. The summed E-state index contributed by atoms with van der Waals surface area (Å²) in [4.78, 5) is 49.8. The molecule has 87 heavy (non-hydrogen) atoms. The number of fused-ring (bicyclic) bond motifs is 15. The Hall–Kier alpha value is -8.19. The molecule has 9 aromatic heterocycles. The number of anilines is 3. The molecule has 450 valence electrons. The Bertz CT molecular complexity index is 3510. The van der Waals surface area contributed by atoms with Crippen LogP contribution in [0.25, 0.3) is 67.9 Å². The number of nitrogens with zero attached hydrogens (tertiary/aromatic N) is 15. The molecule has 0 spiro atoms. The highest BCUT2D eigenvalue weighted by molar-refractivity contribution is 5.82. The molecule has 2 unspecified atom stereocenters. The lowest BCUT2D eigenvalue weighted by atomic mass is 10.1. The summed E-state index contributed by atoms with van der Waals surface area (Å²) >= 11 is 0. The maximum atomic E-state index is 5.13. The van der Waals surface area contributed by atoms with E-state index in [4.69, 9.17) is 29.9 Å². The molecule has 3 N–H and O–H groups in total. The second-order valence-corrected chi connectivity index (χ2v) is 25.6. The van der Waals surface area contributed by atoms with Crippen molar-refractivity contribution >= 4 is 17.5 Å². The SMILES string of the molecule is Cc1cccc(-c2nc3n(c2-c2ccnc(NCCN(C)C)c2)C2CCC3C2)n1.Cc1cccc(-c2nc3n(c2-c2ccnc(NCCN(C)C)c2)[C@@H]2CC[C@H]3C2)n1.Cc1cccc(-c2nc3n(c2-c2ccnc(NCCN(C)C)c2)[C@H]2CC[C@@H]3C2)n1. The molecule has 0 amide bonds. The molecule has 12 heterocycles. The second kappa shape index (κ2) is 24.9. The molecule has 15 rings (SSSR count). The minimum atomic E-state index is 0.564. The number of hydrogen-bond acceptors (Lipinski definition) is 15. The molecule has 3 fully saturated rings. The molecule has 18 heteroatoms. The Labute approximate surface area is 512 Å². The fourth-order valence-corrected chi connectivity index (χ4v) is 14.2. The van der Waals surface area contributed by atoms with Crippen molar-refractivity contribution < 1.29 is 0 Å². The van der Waals surface area contributed by atoms with Gasteiger partial charge < -0.3 is 44.4 Å². The number of nitrogens with one attached hydrogen (secondary N) is 3. The zero-order valence-electron chi connectivity index (χ0n) is 52.2. The van der Waals surface area contributed by atoms with E-state index in [-0.39, 0.29) is 0 Å². The number of aromatic nitrogens is 12. The van der Waals surface area contributed by atoms with Gasteiger partial charge in [-0.05, 0) is 194 Å². The molecule has 0 saturated heterocycles. The van der Waals surface area contributed by atoms with Crippen LogP contribution in [0.2, 0.25) is 0 Å². The van der Waals surface area contributed by atoms with Crippen molar-refractivity contribution in [3.63, 3.8) is 0 Å². The van der Waals surface area contributed by atoms with Crippen molar-refractivity contribution in [2.75, 3.05) is 97.5 Å².